The number of morpholine rings is 1. The Morgan fingerprint density at radius 2 is 1.58 bits per heavy atom. The van der Waals surface area contributed by atoms with Gasteiger partial charge in [0.25, 0.3) is 0 Å². The highest BCUT2D eigenvalue weighted by Gasteiger charge is 2.29. The fourth-order valence-electron chi connectivity index (χ4n) is 3.47. The zero-order chi connectivity index (χ0) is 18.5. The highest BCUT2D eigenvalue weighted by atomic mass is 19.1. The van der Waals surface area contributed by atoms with E-state index in [2.05, 4.69) is 0 Å². The zero-order valence-electron chi connectivity index (χ0n) is 15.2. The van der Waals surface area contributed by atoms with Crippen LogP contribution in [0.2, 0.25) is 0 Å². The molecule has 0 spiro atoms. The number of halogens is 1. The van der Waals surface area contributed by atoms with Gasteiger partial charge in [-0.1, -0.05) is 25.1 Å². The van der Waals surface area contributed by atoms with Gasteiger partial charge in [-0.3, -0.25) is 4.79 Å². The van der Waals surface area contributed by atoms with Crippen LogP contribution < -0.4 is 0 Å². The summed E-state index contributed by atoms with van der Waals surface area (Å²) >= 11 is 0. The predicted octanol–water partition coefficient (Wildman–Crippen LogP) is 1.60. The van der Waals surface area contributed by atoms with Gasteiger partial charge in [0.2, 0.25) is 5.91 Å². The maximum atomic E-state index is 13.8. The first-order chi connectivity index (χ1) is 12.6. The van der Waals surface area contributed by atoms with E-state index in [0.717, 1.165) is 0 Å². The molecule has 2 heterocycles. The fourth-order valence-corrected chi connectivity index (χ4v) is 3.47. The van der Waals surface area contributed by atoms with Crippen molar-refractivity contribution in [3.8, 4) is 0 Å². The second kappa shape index (κ2) is 8.49. The predicted molar refractivity (Wildman–Crippen MR) is 95.2 cm³/mol. The summed E-state index contributed by atoms with van der Waals surface area (Å²) in [5.41, 5.74) is 0.564. The molecule has 0 aromatic heterocycles. The molecule has 0 radical (unpaired) electrons. The number of nitrogens with zero attached hydrogens (tertiary/aromatic N) is 3. The topological polar surface area (TPSA) is 53.1 Å². The average Bonchev–Trinajstić information content (AvgIpc) is 2.69. The van der Waals surface area contributed by atoms with Gasteiger partial charge in [0.05, 0.1) is 13.2 Å². The van der Waals surface area contributed by atoms with Crippen LogP contribution in [0.15, 0.2) is 24.3 Å². The molecule has 0 bridgehead atoms. The minimum atomic E-state index is -0.284. The number of urea groups is 1. The van der Waals surface area contributed by atoms with Crippen molar-refractivity contribution in [2.24, 2.45) is 5.92 Å². The summed E-state index contributed by atoms with van der Waals surface area (Å²) in [6, 6.07) is 6.60. The van der Waals surface area contributed by atoms with Crippen molar-refractivity contribution in [1.82, 2.24) is 14.7 Å². The molecular formula is C19H26FN3O3. The Morgan fingerprint density at radius 3 is 2.23 bits per heavy atom. The first-order valence-corrected chi connectivity index (χ1v) is 9.20. The van der Waals surface area contributed by atoms with Crippen molar-refractivity contribution >= 4 is 11.9 Å². The van der Waals surface area contributed by atoms with E-state index in [-0.39, 0.29) is 23.7 Å². The number of hydrogen-bond donors (Lipinski definition) is 0. The lowest BCUT2D eigenvalue weighted by atomic mass is 9.99. The maximum Gasteiger partial charge on any atom is 0.320 e. The molecule has 6 nitrogen and oxygen atoms in total. The van der Waals surface area contributed by atoms with E-state index >= 15 is 0 Å². The molecule has 26 heavy (non-hydrogen) atoms. The van der Waals surface area contributed by atoms with E-state index in [0.29, 0.717) is 64.5 Å². The Labute approximate surface area is 153 Å². The van der Waals surface area contributed by atoms with Crippen molar-refractivity contribution in [2.75, 3.05) is 52.5 Å². The minimum Gasteiger partial charge on any atom is -0.378 e. The van der Waals surface area contributed by atoms with Crippen LogP contribution >= 0.6 is 0 Å². The van der Waals surface area contributed by atoms with E-state index in [4.69, 9.17) is 4.74 Å². The third-order valence-corrected chi connectivity index (χ3v) is 5.05. The molecule has 1 atom stereocenters. The largest absolute Gasteiger partial charge is 0.378 e. The fraction of sp³-hybridized carbons (Fsp3) is 0.579. The lowest BCUT2D eigenvalue weighted by Crippen LogP contribution is -2.56. The summed E-state index contributed by atoms with van der Waals surface area (Å²) in [7, 11) is 0. The Hall–Kier alpha value is -2.15. The van der Waals surface area contributed by atoms with Crippen LogP contribution in [0.4, 0.5) is 9.18 Å². The number of rotatable bonds is 3. The lowest BCUT2D eigenvalue weighted by molar-refractivity contribution is -0.136. The molecule has 2 aliphatic rings. The Bertz CT molecular complexity index is 641. The number of amides is 3. The number of ether oxygens (including phenoxy) is 1. The normalized spacial score (nSPS) is 19.4. The monoisotopic (exact) mass is 363 g/mol. The van der Waals surface area contributed by atoms with E-state index < -0.39 is 0 Å². The molecule has 3 amide bonds. The number of benzene rings is 1. The summed E-state index contributed by atoms with van der Waals surface area (Å²) in [5.74, 6) is -0.534. The number of hydrogen-bond acceptors (Lipinski definition) is 3. The summed E-state index contributed by atoms with van der Waals surface area (Å²) in [6.45, 7) is 6.36. The molecule has 1 aromatic rings. The van der Waals surface area contributed by atoms with Crippen LogP contribution in [-0.4, -0.2) is 79.1 Å². The molecule has 1 aromatic carbocycles. The Kier molecular flexibility index (Phi) is 6.08. The molecule has 1 unspecified atom stereocenters. The standard InChI is InChI=1S/C19H26FN3O3/c1-15(14-16-4-2-3-5-17(16)20)18(24)21-6-8-22(9-7-21)19(25)23-10-12-26-13-11-23/h2-5,15H,6-14H2,1H3. The van der Waals surface area contributed by atoms with Crippen molar-refractivity contribution in [2.45, 2.75) is 13.3 Å². The number of piperazine rings is 1. The third kappa shape index (κ3) is 4.33. The van der Waals surface area contributed by atoms with Crippen LogP contribution in [0, 0.1) is 11.7 Å². The van der Waals surface area contributed by atoms with Gasteiger partial charge in [-0.05, 0) is 18.1 Å². The van der Waals surface area contributed by atoms with Crippen molar-refractivity contribution in [3.63, 3.8) is 0 Å². The zero-order valence-corrected chi connectivity index (χ0v) is 15.2. The van der Waals surface area contributed by atoms with Gasteiger partial charge in [-0.2, -0.15) is 0 Å². The van der Waals surface area contributed by atoms with Gasteiger partial charge in [-0.15, -0.1) is 0 Å². The van der Waals surface area contributed by atoms with Crippen LogP contribution in [0.5, 0.6) is 0 Å². The van der Waals surface area contributed by atoms with Crippen molar-refractivity contribution < 1.29 is 18.7 Å². The SMILES string of the molecule is CC(Cc1ccccc1F)C(=O)N1CCN(C(=O)N2CCOCC2)CC1. The van der Waals surface area contributed by atoms with Gasteiger partial charge in [0.1, 0.15) is 5.82 Å². The molecule has 142 valence electrons. The Balaban J connectivity index is 1.50. The first kappa shape index (κ1) is 18.6. The molecule has 3 rings (SSSR count). The van der Waals surface area contributed by atoms with Gasteiger partial charge < -0.3 is 19.4 Å². The second-order valence-corrected chi connectivity index (χ2v) is 6.89. The highest BCUT2D eigenvalue weighted by Crippen LogP contribution is 2.16. The summed E-state index contributed by atoms with van der Waals surface area (Å²) < 4.78 is 19.1. The number of carbonyl (C=O) groups excluding carboxylic acids is 2. The lowest BCUT2D eigenvalue weighted by Gasteiger charge is -2.39. The van der Waals surface area contributed by atoms with Crippen LogP contribution in [-0.2, 0) is 16.0 Å². The minimum absolute atomic E-state index is 0.0201. The van der Waals surface area contributed by atoms with Gasteiger partial charge >= 0.3 is 6.03 Å². The van der Waals surface area contributed by atoms with Crippen LogP contribution in [0.25, 0.3) is 0 Å². The summed E-state index contributed by atoms with van der Waals surface area (Å²) in [6.07, 6.45) is 0.387. The molecule has 2 aliphatic heterocycles. The van der Waals surface area contributed by atoms with Gasteiger partial charge in [0, 0.05) is 45.2 Å². The second-order valence-electron chi connectivity index (χ2n) is 6.89. The molecule has 2 saturated heterocycles. The summed E-state index contributed by atoms with van der Waals surface area (Å²) in [5, 5.41) is 0. The van der Waals surface area contributed by atoms with E-state index in [9.17, 15) is 14.0 Å². The van der Waals surface area contributed by atoms with Gasteiger partial charge in [0.15, 0.2) is 0 Å². The van der Waals surface area contributed by atoms with Crippen LogP contribution in [0.3, 0.4) is 0 Å². The smallest absolute Gasteiger partial charge is 0.320 e. The third-order valence-electron chi connectivity index (χ3n) is 5.05. The van der Waals surface area contributed by atoms with Crippen molar-refractivity contribution in [3.05, 3.63) is 35.6 Å². The molecule has 0 aliphatic carbocycles. The van der Waals surface area contributed by atoms with E-state index in [1.165, 1.54) is 6.07 Å². The van der Waals surface area contributed by atoms with Crippen molar-refractivity contribution in [1.29, 1.82) is 0 Å². The number of carbonyl (C=O) groups is 2. The quantitative estimate of drug-likeness (QED) is 0.820. The first-order valence-electron chi connectivity index (χ1n) is 9.20. The average molecular weight is 363 g/mol. The maximum absolute atomic E-state index is 13.8. The van der Waals surface area contributed by atoms with Crippen LogP contribution in [0.1, 0.15) is 12.5 Å². The van der Waals surface area contributed by atoms with Gasteiger partial charge in [-0.25, -0.2) is 9.18 Å². The molecule has 7 heteroatoms. The van der Waals surface area contributed by atoms with E-state index in [1.807, 2.05) is 11.8 Å². The molecule has 0 N–H and O–H groups in total. The molecular weight excluding hydrogens is 337 g/mol. The van der Waals surface area contributed by atoms with E-state index in [1.54, 1.807) is 28.0 Å². The molecule has 2 fully saturated rings. The molecule has 0 saturated carbocycles. The Morgan fingerprint density at radius 1 is 1.00 bits per heavy atom. The highest BCUT2D eigenvalue weighted by molar-refractivity contribution is 5.79. The summed E-state index contributed by atoms with van der Waals surface area (Å²) in [4.78, 5) is 30.6.